The van der Waals surface area contributed by atoms with E-state index in [1.54, 1.807) is 0 Å². The third-order valence-corrected chi connectivity index (χ3v) is 4.82. The van der Waals surface area contributed by atoms with Gasteiger partial charge >= 0.3 is 0 Å². The molecule has 1 N–H and O–H groups in total. The molecule has 21 heavy (non-hydrogen) atoms. The molecule has 0 bridgehead atoms. The van der Waals surface area contributed by atoms with Gasteiger partial charge in [0.15, 0.2) is 0 Å². The van der Waals surface area contributed by atoms with Crippen LogP contribution in [0.3, 0.4) is 0 Å². The van der Waals surface area contributed by atoms with Crippen LogP contribution in [-0.4, -0.2) is 25.7 Å². The van der Waals surface area contributed by atoms with E-state index in [-0.39, 0.29) is 0 Å². The molecule has 2 nitrogen and oxygen atoms in total. The minimum Gasteiger partial charge on any atom is -0.371 e. The van der Waals surface area contributed by atoms with E-state index in [0.29, 0.717) is 11.5 Å². The Bertz CT molecular complexity index is 433. The quantitative estimate of drug-likeness (QED) is 0.801. The molecule has 0 atom stereocenters. The molecule has 1 aliphatic rings. The van der Waals surface area contributed by atoms with Crippen molar-refractivity contribution in [1.82, 2.24) is 5.32 Å². The van der Waals surface area contributed by atoms with Gasteiger partial charge in [-0.15, -0.1) is 0 Å². The lowest BCUT2D eigenvalue weighted by Gasteiger charge is -2.37. The lowest BCUT2D eigenvalue weighted by molar-refractivity contribution is 0.275. The molecule has 118 valence electrons. The molecular weight excluding hydrogens is 256 g/mol. The van der Waals surface area contributed by atoms with Gasteiger partial charge in [0.25, 0.3) is 0 Å². The van der Waals surface area contributed by atoms with Crippen LogP contribution < -0.4 is 10.2 Å². The Morgan fingerprint density at radius 1 is 1.24 bits per heavy atom. The molecule has 0 heterocycles. The summed E-state index contributed by atoms with van der Waals surface area (Å²) in [6.45, 7) is 12.4. The number of benzene rings is 1. The van der Waals surface area contributed by atoms with E-state index in [4.69, 9.17) is 0 Å². The Hall–Kier alpha value is -1.02. The second kappa shape index (κ2) is 7.31. The minimum atomic E-state index is 0.462. The highest BCUT2D eigenvalue weighted by Crippen LogP contribution is 2.39. The fraction of sp³-hybridized carbons (Fsp3) is 0.684. The second-order valence-corrected chi connectivity index (χ2v) is 7.10. The van der Waals surface area contributed by atoms with Gasteiger partial charge in [0.1, 0.15) is 0 Å². The molecule has 0 aliphatic heterocycles. The average Bonchev–Trinajstić information content (AvgIpc) is 2.92. The Labute approximate surface area is 130 Å². The smallest absolute Gasteiger partial charge is 0.0368 e. The van der Waals surface area contributed by atoms with Crippen LogP contribution in [0.5, 0.6) is 0 Å². The van der Waals surface area contributed by atoms with Crippen LogP contribution in [0.15, 0.2) is 24.3 Å². The van der Waals surface area contributed by atoms with Crippen LogP contribution in [0, 0.1) is 12.3 Å². The molecule has 1 aliphatic carbocycles. The third kappa shape index (κ3) is 4.47. The van der Waals surface area contributed by atoms with Crippen LogP contribution in [0.25, 0.3) is 0 Å². The molecule has 1 fully saturated rings. The Kier molecular flexibility index (Phi) is 5.69. The van der Waals surface area contributed by atoms with Crippen LogP contribution in [-0.2, 0) is 0 Å². The van der Waals surface area contributed by atoms with E-state index in [9.17, 15) is 0 Å². The summed E-state index contributed by atoms with van der Waals surface area (Å²) in [6.07, 6.45) is 5.53. The van der Waals surface area contributed by atoms with Gasteiger partial charge in [0, 0.05) is 36.8 Å². The number of aryl methyl sites for hydroxylation is 1. The van der Waals surface area contributed by atoms with E-state index >= 15 is 0 Å². The first-order valence-corrected chi connectivity index (χ1v) is 8.60. The Morgan fingerprint density at radius 2 is 1.95 bits per heavy atom. The molecule has 0 amide bonds. The van der Waals surface area contributed by atoms with Gasteiger partial charge in [-0.1, -0.05) is 38.8 Å². The van der Waals surface area contributed by atoms with Crippen molar-refractivity contribution in [3.63, 3.8) is 0 Å². The van der Waals surface area contributed by atoms with Crippen molar-refractivity contribution in [2.45, 2.75) is 59.4 Å². The van der Waals surface area contributed by atoms with Gasteiger partial charge < -0.3 is 10.2 Å². The maximum Gasteiger partial charge on any atom is 0.0368 e. The van der Waals surface area contributed by atoms with Crippen molar-refractivity contribution in [3.05, 3.63) is 29.8 Å². The zero-order chi connectivity index (χ0) is 15.3. The van der Waals surface area contributed by atoms with E-state index in [1.165, 1.54) is 43.5 Å². The van der Waals surface area contributed by atoms with Crippen LogP contribution in [0.1, 0.15) is 52.0 Å². The Balaban J connectivity index is 2.10. The molecule has 0 spiro atoms. The zero-order valence-corrected chi connectivity index (χ0v) is 14.3. The summed E-state index contributed by atoms with van der Waals surface area (Å²) < 4.78 is 0. The van der Waals surface area contributed by atoms with Gasteiger partial charge in [-0.05, 0) is 44.4 Å². The number of nitrogens with one attached hydrogen (secondary N) is 1. The maximum atomic E-state index is 3.69. The lowest BCUT2D eigenvalue weighted by Crippen LogP contribution is -2.44. The lowest BCUT2D eigenvalue weighted by atomic mass is 9.85. The molecular formula is C19H32N2. The number of anilines is 1. The van der Waals surface area contributed by atoms with E-state index in [2.05, 4.69) is 62.2 Å². The maximum absolute atomic E-state index is 3.69. The number of hydrogen-bond donors (Lipinski definition) is 1. The van der Waals surface area contributed by atoms with E-state index in [0.717, 1.165) is 13.1 Å². The SMILES string of the molecule is CCN(CC1(CNC(C)C)CCCC1)c1cccc(C)c1. The summed E-state index contributed by atoms with van der Waals surface area (Å²) in [7, 11) is 0. The molecule has 0 unspecified atom stereocenters. The number of nitrogens with zero attached hydrogens (tertiary/aromatic N) is 1. The summed E-state index contributed by atoms with van der Waals surface area (Å²) in [5.41, 5.74) is 3.20. The van der Waals surface area contributed by atoms with E-state index in [1.807, 2.05) is 0 Å². The van der Waals surface area contributed by atoms with Crippen molar-refractivity contribution >= 4 is 5.69 Å². The van der Waals surface area contributed by atoms with Crippen molar-refractivity contribution in [2.75, 3.05) is 24.5 Å². The van der Waals surface area contributed by atoms with Crippen molar-refractivity contribution in [3.8, 4) is 0 Å². The fourth-order valence-electron chi connectivity index (χ4n) is 3.55. The first kappa shape index (κ1) is 16.4. The van der Waals surface area contributed by atoms with Crippen LogP contribution >= 0.6 is 0 Å². The fourth-order valence-corrected chi connectivity index (χ4v) is 3.55. The van der Waals surface area contributed by atoms with Crippen molar-refractivity contribution in [1.29, 1.82) is 0 Å². The normalized spacial score (nSPS) is 17.4. The first-order chi connectivity index (χ1) is 10.0. The summed E-state index contributed by atoms with van der Waals surface area (Å²) >= 11 is 0. The highest BCUT2D eigenvalue weighted by Gasteiger charge is 2.35. The van der Waals surface area contributed by atoms with Gasteiger partial charge in [0.05, 0.1) is 0 Å². The zero-order valence-electron chi connectivity index (χ0n) is 14.3. The molecule has 0 radical (unpaired) electrons. The highest BCUT2D eigenvalue weighted by molar-refractivity contribution is 5.48. The topological polar surface area (TPSA) is 15.3 Å². The van der Waals surface area contributed by atoms with Gasteiger partial charge in [-0.3, -0.25) is 0 Å². The molecule has 2 heteroatoms. The molecule has 0 saturated heterocycles. The van der Waals surface area contributed by atoms with Gasteiger partial charge in [-0.25, -0.2) is 0 Å². The summed E-state index contributed by atoms with van der Waals surface area (Å²) in [6, 6.07) is 9.53. The predicted molar refractivity (Wildman–Crippen MR) is 93.1 cm³/mol. The molecule has 0 aromatic heterocycles. The first-order valence-electron chi connectivity index (χ1n) is 8.60. The molecule has 2 rings (SSSR count). The predicted octanol–water partition coefficient (Wildman–Crippen LogP) is 4.38. The molecule has 1 saturated carbocycles. The minimum absolute atomic E-state index is 0.462. The van der Waals surface area contributed by atoms with Gasteiger partial charge in [0.2, 0.25) is 0 Å². The summed E-state index contributed by atoms with van der Waals surface area (Å²) in [4.78, 5) is 2.57. The van der Waals surface area contributed by atoms with Crippen LogP contribution in [0.2, 0.25) is 0 Å². The largest absolute Gasteiger partial charge is 0.371 e. The summed E-state index contributed by atoms with van der Waals surface area (Å²) in [5.74, 6) is 0. The number of rotatable bonds is 7. The average molecular weight is 288 g/mol. The monoisotopic (exact) mass is 288 g/mol. The van der Waals surface area contributed by atoms with E-state index < -0.39 is 0 Å². The standard InChI is InChI=1S/C19H32N2/c1-5-21(18-10-8-9-17(4)13-18)15-19(11-6-7-12-19)14-20-16(2)3/h8-10,13,16,20H,5-7,11-12,14-15H2,1-4H3. The third-order valence-electron chi connectivity index (χ3n) is 4.82. The van der Waals surface area contributed by atoms with Crippen LogP contribution in [0.4, 0.5) is 5.69 Å². The summed E-state index contributed by atoms with van der Waals surface area (Å²) in [5, 5.41) is 3.69. The van der Waals surface area contributed by atoms with Crippen molar-refractivity contribution in [2.24, 2.45) is 5.41 Å². The molecule has 1 aromatic carbocycles. The number of hydrogen-bond acceptors (Lipinski definition) is 2. The second-order valence-electron chi connectivity index (χ2n) is 7.10. The van der Waals surface area contributed by atoms with Gasteiger partial charge in [-0.2, -0.15) is 0 Å². The highest BCUT2D eigenvalue weighted by atomic mass is 15.1. The van der Waals surface area contributed by atoms with Crippen molar-refractivity contribution < 1.29 is 0 Å². The Morgan fingerprint density at radius 3 is 2.52 bits per heavy atom. The molecule has 1 aromatic rings.